The fraction of sp³-hybridized carbons (Fsp3) is 0.222. The smallest absolute Gasteiger partial charge is 0.260 e. The van der Waals surface area contributed by atoms with Gasteiger partial charge < -0.3 is 0 Å². The summed E-state index contributed by atoms with van der Waals surface area (Å²) in [6, 6.07) is 3.72. The Balaban J connectivity index is 2.76. The number of hydrogen-bond donors (Lipinski definition) is 0. The molecule has 94 valence electrons. The number of nitrogens with zero attached hydrogens (tertiary/aromatic N) is 1. The standard InChI is InChI=1S/C9H7F4NO2S/c10-9(11,12)7-1-3-8(4-2-7)14-5-6-17(13,15)16/h1-5H,6H2. The van der Waals surface area contributed by atoms with Gasteiger partial charge in [-0.05, 0) is 24.3 Å². The summed E-state index contributed by atoms with van der Waals surface area (Å²) in [4.78, 5) is 3.50. The van der Waals surface area contributed by atoms with Crippen molar-refractivity contribution in [3.05, 3.63) is 29.8 Å². The molecule has 0 atom stereocenters. The fourth-order valence-corrected chi connectivity index (χ4v) is 1.22. The third-order valence-electron chi connectivity index (χ3n) is 1.71. The number of hydrogen-bond acceptors (Lipinski definition) is 3. The zero-order chi connectivity index (χ0) is 13.1. The molecule has 1 aromatic carbocycles. The molecule has 0 fully saturated rings. The van der Waals surface area contributed by atoms with Gasteiger partial charge >= 0.3 is 16.4 Å². The van der Waals surface area contributed by atoms with Gasteiger partial charge in [0.05, 0.1) is 11.3 Å². The van der Waals surface area contributed by atoms with E-state index in [4.69, 9.17) is 0 Å². The second-order valence-corrected chi connectivity index (χ2v) is 4.47. The molecule has 0 amide bonds. The predicted molar refractivity (Wildman–Crippen MR) is 54.5 cm³/mol. The number of benzene rings is 1. The lowest BCUT2D eigenvalue weighted by Crippen LogP contribution is -2.03. The molecule has 0 radical (unpaired) electrons. The third kappa shape index (κ3) is 4.94. The molecular formula is C9H7F4NO2S. The fourth-order valence-electron chi connectivity index (χ4n) is 0.968. The monoisotopic (exact) mass is 269 g/mol. The van der Waals surface area contributed by atoms with Crippen molar-refractivity contribution in [2.45, 2.75) is 6.18 Å². The van der Waals surface area contributed by atoms with Gasteiger partial charge in [-0.1, -0.05) is 0 Å². The zero-order valence-corrected chi connectivity index (χ0v) is 9.09. The van der Waals surface area contributed by atoms with Crippen LogP contribution in [0.5, 0.6) is 0 Å². The Kier molecular flexibility index (Phi) is 3.87. The van der Waals surface area contributed by atoms with Crippen molar-refractivity contribution in [1.82, 2.24) is 0 Å². The summed E-state index contributed by atoms with van der Waals surface area (Å²) in [5.41, 5.74) is -0.726. The minimum Gasteiger partial charge on any atom is -0.260 e. The molecule has 0 aliphatic heterocycles. The predicted octanol–water partition coefficient (Wildman–Crippen LogP) is 2.71. The molecule has 0 aliphatic carbocycles. The average Bonchev–Trinajstić information content (AvgIpc) is 2.15. The number of aliphatic imine (C=N–C) groups is 1. The number of alkyl halides is 3. The highest BCUT2D eigenvalue weighted by Gasteiger charge is 2.29. The van der Waals surface area contributed by atoms with Crippen LogP contribution in [0.4, 0.5) is 22.7 Å². The van der Waals surface area contributed by atoms with Crippen LogP contribution in [0.2, 0.25) is 0 Å². The minimum absolute atomic E-state index is 0.113. The van der Waals surface area contributed by atoms with Crippen LogP contribution in [0, 0.1) is 0 Å². The molecule has 0 N–H and O–H groups in total. The van der Waals surface area contributed by atoms with Gasteiger partial charge in [-0.3, -0.25) is 4.99 Å². The Bertz CT molecular complexity index is 505. The topological polar surface area (TPSA) is 46.5 Å². The Hall–Kier alpha value is -1.44. The summed E-state index contributed by atoms with van der Waals surface area (Å²) < 4.78 is 68.7. The summed E-state index contributed by atoms with van der Waals surface area (Å²) in [6.07, 6.45) is -3.66. The van der Waals surface area contributed by atoms with Crippen LogP contribution in [-0.2, 0) is 16.4 Å². The molecule has 0 saturated heterocycles. The number of rotatable bonds is 3. The van der Waals surface area contributed by atoms with Gasteiger partial charge in [0.25, 0.3) is 0 Å². The minimum atomic E-state index is -4.65. The molecule has 17 heavy (non-hydrogen) atoms. The highest BCUT2D eigenvalue weighted by atomic mass is 32.3. The van der Waals surface area contributed by atoms with E-state index in [2.05, 4.69) is 4.99 Å². The largest absolute Gasteiger partial charge is 0.416 e. The highest BCUT2D eigenvalue weighted by Crippen LogP contribution is 2.30. The summed E-state index contributed by atoms with van der Waals surface area (Å²) in [7, 11) is -4.65. The van der Waals surface area contributed by atoms with Crippen molar-refractivity contribution in [3.8, 4) is 0 Å². The van der Waals surface area contributed by atoms with Gasteiger partial charge in [-0.15, -0.1) is 3.89 Å². The Morgan fingerprint density at radius 3 is 2.12 bits per heavy atom. The van der Waals surface area contributed by atoms with E-state index in [1.165, 1.54) is 0 Å². The van der Waals surface area contributed by atoms with Crippen LogP contribution >= 0.6 is 0 Å². The second-order valence-electron chi connectivity index (χ2n) is 3.06. The van der Waals surface area contributed by atoms with E-state index in [0.29, 0.717) is 0 Å². The molecular weight excluding hydrogens is 262 g/mol. The highest BCUT2D eigenvalue weighted by molar-refractivity contribution is 7.87. The van der Waals surface area contributed by atoms with Crippen molar-refractivity contribution in [2.75, 3.05) is 5.75 Å². The normalized spacial score (nSPS) is 13.2. The van der Waals surface area contributed by atoms with Crippen LogP contribution in [0.15, 0.2) is 29.3 Å². The molecule has 0 unspecified atom stereocenters. The number of halogens is 4. The van der Waals surface area contributed by atoms with Crippen molar-refractivity contribution in [3.63, 3.8) is 0 Å². The van der Waals surface area contributed by atoms with Gasteiger partial charge in [0, 0.05) is 6.21 Å². The lowest BCUT2D eigenvalue weighted by molar-refractivity contribution is -0.137. The maximum Gasteiger partial charge on any atom is 0.416 e. The summed E-state index contributed by atoms with van der Waals surface area (Å²) in [5, 5.41) is 0. The van der Waals surface area contributed by atoms with Crippen LogP contribution in [0.1, 0.15) is 5.56 Å². The van der Waals surface area contributed by atoms with Gasteiger partial charge in [0.2, 0.25) is 0 Å². The first-order valence-corrected chi connectivity index (χ1v) is 5.86. The van der Waals surface area contributed by atoms with Crippen LogP contribution in [-0.4, -0.2) is 20.4 Å². The van der Waals surface area contributed by atoms with Crippen molar-refractivity contribution < 1.29 is 25.5 Å². The summed E-state index contributed by atoms with van der Waals surface area (Å²) in [5.74, 6) is -0.909. The maximum absolute atomic E-state index is 12.2. The maximum atomic E-state index is 12.2. The molecule has 0 aliphatic rings. The van der Waals surface area contributed by atoms with E-state index in [1.807, 2.05) is 0 Å². The van der Waals surface area contributed by atoms with Gasteiger partial charge in [-0.2, -0.15) is 21.6 Å². The van der Waals surface area contributed by atoms with Crippen LogP contribution in [0.25, 0.3) is 0 Å². The lowest BCUT2D eigenvalue weighted by atomic mass is 10.2. The van der Waals surface area contributed by atoms with E-state index in [1.54, 1.807) is 0 Å². The molecule has 0 heterocycles. The third-order valence-corrected chi connectivity index (χ3v) is 2.26. The van der Waals surface area contributed by atoms with Gasteiger partial charge in [-0.25, -0.2) is 0 Å². The quantitative estimate of drug-likeness (QED) is 0.481. The first-order chi connectivity index (χ1) is 7.68. The molecule has 1 aromatic rings. The van der Waals surface area contributed by atoms with E-state index < -0.39 is 27.7 Å². The van der Waals surface area contributed by atoms with Crippen LogP contribution in [0.3, 0.4) is 0 Å². The average molecular weight is 269 g/mol. The molecule has 1 rings (SSSR count). The van der Waals surface area contributed by atoms with E-state index in [9.17, 15) is 25.5 Å². The Morgan fingerprint density at radius 1 is 1.18 bits per heavy atom. The van der Waals surface area contributed by atoms with E-state index in [-0.39, 0.29) is 5.69 Å². The van der Waals surface area contributed by atoms with E-state index >= 15 is 0 Å². The van der Waals surface area contributed by atoms with Crippen molar-refractivity contribution >= 4 is 22.1 Å². The molecule has 8 heteroatoms. The van der Waals surface area contributed by atoms with Gasteiger partial charge in [0.15, 0.2) is 0 Å². The van der Waals surface area contributed by atoms with Gasteiger partial charge in [0.1, 0.15) is 5.75 Å². The molecule has 0 spiro atoms. The molecule has 0 bridgehead atoms. The second kappa shape index (κ2) is 4.82. The zero-order valence-electron chi connectivity index (χ0n) is 8.28. The first-order valence-electron chi connectivity index (χ1n) is 4.30. The molecule has 0 aromatic heterocycles. The first kappa shape index (κ1) is 13.6. The SMILES string of the molecule is O=S(=O)(F)CC=Nc1ccc(C(F)(F)F)cc1. The Labute approximate surface area is 95.0 Å². The van der Waals surface area contributed by atoms with Crippen molar-refractivity contribution in [2.24, 2.45) is 4.99 Å². The van der Waals surface area contributed by atoms with Crippen LogP contribution < -0.4 is 0 Å². The summed E-state index contributed by atoms with van der Waals surface area (Å²) >= 11 is 0. The van der Waals surface area contributed by atoms with E-state index in [0.717, 1.165) is 30.5 Å². The molecule has 0 saturated carbocycles. The van der Waals surface area contributed by atoms with Crippen molar-refractivity contribution in [1.29, 1.82) is 0 Å². The summed E-state index contributed by atoms with van der Waals surface area (Å²) in [6.45, 7) is 0. The molecule has 3 nitrogen and oxygen atoms in total. The Morgan fingerprint density at radius 2 is 1.71 bits per heavy atom. The lowest BCUT2D eigenvalue weighted by Gasteiger charge is -2.05.